The van der Waals surface area contributed by atoms with Crippen LogP contribution in [0.3, 0.4) is 0 Å². The molecule has 1 aliphatic heterocycles. The highest BCUT2D eigenvalue weighted by atomic mass is 35.5. The van der Waals surface area contributed by atoms with Gasteiger partial charge in [0.1, 0.15) is 0 Å². The number of hydrogen-bond donors (Lipinski definition) is 2. The third kappa shape index (κ3) is 7.10. The molecule has 0 saturated carbocycles. The molecule has 8 nitrogen and oxygen atoms in total. The predicted octanol–water partition coefficient (Wildman–Crippen LogP) is 5.21. The van der Waals surface area contributed by atoms with Gasteiger partial charge in [0.2, 0.25) is 17.6 Å². The lowest BCUT2D eigenvalue weighted by Crippen LogP contribution is -2.38. The lowest BCUT2D eigenvalue weighted by molar-refractivity contribution is -0.121. The molecule has 0 atom stereocenters. The molecule has 4 aromatic rings. The number of nitrogens with one attached hydrogen (secondary N) is 2. The van der Waals surface area contributed by atoms with Crippen LogP contribution in [0.25, 0.3) is 11.4 Å². The fraction of sp³-hybridized carbons (Fsp3) is 0.267. The van der Waals surface area contributed by atoms with E-state index in [0.717, 1.165) is 30.6 Å². The summed E-state index contributed by atoms with van der Waals surface area (Å²) in [7, 11) is 0. The number of carbonyl (C=O) groups excluding carboxylic acids is 2. The fourth-order valence-corrected chi connectivity index (χ4v) is 4.88. The van der Waals surface area contributed by atoms with Gasteiger partial charge in [-0.05, 0) is 62.2 Å². The van der Waals surface area contributed by atoms with Crippen molar-refractivity contribution in [3.63, 3.8) is 0 Å². The fourth-order valence-electron chi connectivity index (χ4n) is 4.69. The van der Waals surface area contributed by atoms with Crippen molar-refractivity contribution in [2.24, 2.45) is 5.92 Å². The van der Waals surface area contributed by atoms with Crippen LogP contribution in [0, 0.1) is 5.92 Å². The Morgan fingerprint density at radius 2 is 1.74 bits per heavy atom. The first-order valence-corrected chi connectivity index (χ1v) is 13.5. The van der Waals surface area contributed by atoms with Crippen molar-refractivity contribution in [1.82, 2.24) is 20.4 Å². The second-order valence-electron chi connectivity index (χ2n) is 9.60. The largest absolute Gasteiger partial charge is 0.352 e. The quantitative estimate of drug-likeness (QED) is 0.300. The zero-order valence-corrected chi connectivity index (χ0v) is 22.2. The summed E-state index contributed by atoms with van der Waals surface area (Å²) in [5.74, 6) is 0.623. The van der Waals surface area contributed by atoms with E-state index in [9.17, 15) is 9.59 Å². The number of rotatable bonds is 9. The van der Waals surface area contributed by atoms with E-state index in [2.05, 4.69) is 25.7 Å². The van der Waals surface area contributed by atoms with Gasteiger partial charge in [-0.25, -0.2) is 0 Å². The minimum atomic E-state index is -0.201. The number of aromatic nitrogens is 2. The van der Waals surface area contributed by atoms with Crippen LogP contribution in [0.4, 0.5) is 5.69 Å². The molecular weight excluding hydrogens is 514 g/mol. The molecule has 5 rings (SSSR count). The Balaban J connectivity index is 1.11. The summed E-state index contributed by atoms with van der Waals surface area (Å²) in [5, 5.41) is 10.6. The highest BCUT2D eigenvalue weighted by Gasteiger charge is 2.27. The molecule has 2 N–H and O–H groups in total. The van der Waals surface area contributed by atoms with E-state index in [1.165, 1.54) is 0 Å². The van der Waals surface area contributed by atoms with Gasteiger partial charge in [0.25, 0.3) is 5.91 Å². The van der Waals surface area contributed by atoms with Crippen LogP contribution in [0.5, 0.6) is 0 Å². The maximum Gasteiger partial charge on any atom is 0.253 e. The van der Waals surface area contributed by atoms with Crippen molar-refractivity contribution < 1.29 is 14.1 Å². The zero-order chi connectivity index (χ0) is 27.0. The van der Waals surface area contributed by atoms with Crippen molar-refractivity contribution in [3.8, 4) is 11.4 Å². The van der Waals surface area contributed by atoms with Crippen molar-refractivity contribution in [1.29, 1.82) is 0 Å². The molecule has 1 aliphatic rings. The van der Waals surface area contributed by atoms with E-state index >= 15 is 0 Å². The molecule has 2 heterocycles. The molecule has 1 aromatic heterocycles. The monoisotopic (exact) mass is 543 g/mol. The van der Waals surface area contributed by atoms with Crippen LogP contribution >= 0.6 is 11.6 Å². The van der Waals surface area contributed by atoms with E-state index in [0.29, 0.717) is 53.9 Å². The topological polar surface area (TPSA) is 100 Å². The van der Waals surface area contributed by atoms with E-state index in [1.807, 2.05) is 48.5 Å². The van der Waals surface area contributed by atoms with Crippen molar-refractivity contribution in [3.05, 3.63) is 101 Å². The van der Waals surface area contributed by atoms with Crippen LogP contribution in [-0.4, -0.2) is 46.5 Å². The zero-order valence-electron chi connectivity index (χ0n) is 21.5. The molecule has 3 aromatic carbocycles. The number of halogens is 1. The number of piperidine rings is 1. The molecule has 200 valence electrons. The summed E-state index contributed by atoms with van der Waals surface area (Å²) >= 11 is 6.07. The summed E-state index contributed by atoms with van der Waals surface area (Å²) in [6, 6.07) is 24.5. The second kappa shape index (κ2) is 12.7. The molecule has 0 unspecified atom stereocenters. The summed E-state index contributed by atoms with van der Waals surface area (Å²) in [6.07, 6.45) is 2.14. The van der Waals surface area contributed by atoms with E-state index in [-0.39, 0.29) is 17.7 Å². The molecule has 2 amide bonds. The van der Waals surface area contributed by atoms with Crippen molar-refractivity contribution >= 4 is 29.1 Å². The Bertz CT molecular complexity index is 1420. The normalized spacial score (nSPS) is 14.2. The molecular formula is C30H30ClN5O3. The van der Waals surface area contributed by atoms with Gasteiger partial charge in [0.05, 0.1) is 17.8 Å². The lowest BCUT2D eigenvalue weighted by atomic mass is 9.95. The Morgan fingerprint density at radius 1 is 0.974 bits per heavy atom. The maximum absolute atomic E-state index is 13.1. The molecule has 9 heteroatoms. The van der Waals surface area contributed by atoms with Crippen LogP contribution < -0.4 is 10.6 Å². The molecule has 0 radical (unpaired) electrons. The van der Waals surface area contributed by atoms with Gasteiger partial charge in [-0.2, -0.15) is 4.98 Å². The molecule has 1 fully saturated rings. The maximum atomic E-state index is 13.1. The van der Waals surface area contributed by atoms with Crippen LogP contribution in [0.2, 0.25) is 5.02 Å². The number of carbonyl (C=O) groups is 2. The van der Waals surface area contributed by atoms with Gasteiger partial charge in [0, 0.05) is 23.0 Å². The smallest absolute Gasteiger partial charge is 0.253 e. The van der Waals surface area contributed by atoms with Gasteiger partial charge in [-0.15, -0.1) is 0 Å². The number of amides is 2. The van der Waals surface area contributed by atoms with Gasteiger partial charge >= 0.3 is 0 Å². The number of para-hydroxylation sites is 1. The number of hydrogen-bond acceptors (Lipinski definition) is 6. The summed E-state index contributed by atoms with van der Waals surface area (Å²) in [6.45, 7) is 2.50. The van der Waals surface area contributed by atoms with E-state index in [4.69, 9.17) is 16.1 Å². The highest BCUT2D eigenvalue weighted by molar-refractivity contribution is 6.30. The summed E-state index contributed by atoms with van der Waals surface area (Å²) in [4.78, 5) is 32.6. The molecule has 0 aliphatic carbocycles. The molecule has 0 spiro atoms. The van der Waals surface area contributed by atoms with E-state index < -0.39 is 0 Å². The van der Waals surface area contributed by atoms with Gasteiger partial charge in [-0.1, -0.05) is 71.4 Å². The first-order chi connectivity index (χ1) is 19.0. The minimum Gasteiger partial charge on any atom is -0.352 e. The highest BCUT2D eigenvalue weighted by Crippen LogP contribution is 2.24. The van der Waals surface area contributed by atoms with E-state index in [1.54, 1.807) is 30.3 Å². The Hall–Kier alpha value is -4.01. The SMILES string of the molecule is O=C(NCCc1ccccc1)c1ccccc1NC(=O)C1CCN(Cc2nc(-c3cccc(Cl)c3)no2)CC1. The first kappa shape index (κ1) is 26.6. The van der Waals surface area contributed by atoms with Crippen LogP contribution in [0.15, 0.2) is 83.4 Å². The number of benzene rings is 3. The average molecular weight is 544 g/mol. The van der Waals surface area contributed by atoms with Gasteiger partial charge < -0.3 is 15.2 Å². The molecule has 0 bridgehead atoms. The Morgan fingerprint density at radius 3 is 2.54 bits per heavy atom. The lowest BCUT2D eigenvalue weighted by Gasteiger charge is -2.30. The first-order valence-electron chi connectivity index (χ1n) is 13.1. The van der Waals surface area contributed by atoms with Crippen LogP contribution in [0.1, 0.15) is 34.7 Å². The molecule has 1 saturated heterocycles. The number of nitrogens with zero attached hydrogens (tertiary/aromatic N) is 3. The molecule has 39 heavy (non-hydrogen) atoms. The van der Waals surface area contributed by atoms with Gasteiger partial charge in [-0.3, -0.25) is 14.5 Å². The van der Waals surface area contributed by atoms with Crippen molar-refractivity contribution in [2.45, 2.75) is 25.8 Å². The second-order valence-corrected chi connectivity index (χ2v) is 10.0. The Labute approximate surface area is 232 Å². The standard InChI is InChI=1S/C30H30ClN5O3/c31-24-10-6-9-23(19-24)28-34-27(39-35-28)20-36-17-14-22(15-18-36)29(37)33-26-12-5-4-11-25(26)30(38)32-16-13-21-7-2-1-3-8-21/h1-12,19,22H,13-18,20H2,(H,32,38)(H,33,37). The minimum absolute atomic E-state index is 0.0692. The van der Waals surface area contributed by atoms with Gasteiger partial charge in [0.15, 0.2) is 0 Å². The average Bonchev–Trinajstić information content (AvgIpc) is 3.43. The van der Waals surface area contributed by atoms with Crippen LogP contribution in [-0.2, 0) is 17.8 Å². The number of anilines is 1. The Kier molecular flexibility index (Phi) is 8.65. The third-order valence-electron chi connectivity index (χ3n) is 6.84. The summed E-state index contributed by atoms with van der Waals surface area (Å²) in [5.41, 5.74) is 2.95. The summed E-state index contributed by atoms with van der Waals surface area (Å²) < 4.78 is 5.44. The van der Waals surface area contributed by atoms with Crippen molar-refractivity contribution in [2.75, 3.05) is 25.0 Å². The third-order valence-corrected chi connectivity index (χ3v) is 7.07. The number of likely N-dealkylation sites (tertiary alicyclic amines) is 1. The predicted molar refractivity (Wildman–Crippen MR) is 150 cm³/mol.